The lowest BCUT2D eigenvalue weighted by Crippen LogP contribution is -2.38. The van der Waals surface area contributed by atoms with Gasteiger partial charge in [0.2, 0.25) is 5.11 Å². The summed E-state index contributed by atoms with van der Waals surface area (Å²) in [7, 11) is 0. The van der Waals surface area contributed by atoms with E-state index in [4.69, 9.17) is 30.2 Å². The predicted octanol–water partition coefficient (Wildman–Crippen LogP) is 3.49. The number of benzene rings is 2. The molecule has 0 radical (unpaired) electrons. The second-order valence-corrected chi connectivity index (χ2v) is 6.18. The number of hydrogen-bond acceptors (Lipinski definition) is 4. The molecular formula is C17H17N7S2. The second-order valence-electron chi connectivity index (χ2n) is 5.35. The summed E-state index contributed by atoms with van der Waals surface area (Å²) in [6.07, 6.45) is 0. The van der Waals surface area contributed by atoms with E-state index in [9.17, 15) is 0 Å². The average molecular weight is 384 g/mol. The first-order chi connectivity index (χ1) is 12.6. The monoisotopic (exact) mass is 383 g/mol. The van der Waals surface area contributed by atoms with Crippen LogP contribution in [0.25, 0.3) is 10.9 Å². The Balaban J connectivity index is 1.70. The van der Waals surface area contributed by atoms with Crippen molar-refractivity contribution in [2.24, 2.45) is 16.0 Å². The minimum Gasteiger partial charge on any atom is -0.373 e. The van der Waals surface area contributed by atoms with E-state index < -0.39 is 0 Å². The maximum Gasteiger partial charge on any atom is 0.211 e. The van der Waals surface area contributed by atoms with E-state index in [2.05, 4.69) is 31.4 Å². The van der Waals surface area contributed by atoms with Crippen molar-refractivity contribution in [3.63, 3.8) is 0 Å². The number of nitrogens with two attached hydrogens (primary N) is 1. The van der Waals surface area contributed by atoms with Gasteiger partial charge in [0.25, 0.3) is 0 Å². The highest BCUT2D eigenvalue weighted by Gasteiger charge is 2.11. The molecular weight excluding hydrogens is 366 g/mol. The lowest BCUT2D eigenvalue weighted by Gasteiger charge is -2.12. The molecule has 0 atom stereocenters. The average Bonchev–Trinajstić information content (AvgIpc) is 3.01. The highest BCUT2D eigenvalue weighted by Crippen LogP contribution is 2.33. The van der Waals surface area contributed by atoms with Gasteiger partial charge in [-0.3, -0.25) is 10.9 Å². The number of hydrogen-bond donors (Lipinski definition) is 5. The summed E-state index contributed by atoms with van der Waals surface area (Å²) < 4.78 is 0. The molecule has 0 bridgehead atoms. The van der Waals surface area contributed by atoms with E-state index in [0.29, 0.717) is 23.2 Å². The Bertz CT molecular complexity index is 950. The van der Waals surface area contributed by atoms with Gasteiger partial charge in [-0.1, -0.05) is 48.5 Å². The number of aromatic nitrogens is 1. The lowest BCUT2D eigenvalue weighted by molar-refractivity contribution is 0.886. The molecule has 0 saturated heterocycles. The number of thiocarbonyl (C=S) groups is 2. The maximum absolute atomic E-state index is 5.39. The minimum absolute atomic E-state index is 0.0392. The fourth-order valence-corrected chi connectivity index (χ4v) is 2.53. The zero-order valence-electron chi connectivity index (χ0n) is 13.7. The van der Waals surface area contributed by atoms with Gasteiger partial charge in [0.15, 0.2) is 10.9 Å². The Morgan fingerprint density at radius 3 is 2.54 bits per heavy atom. The van der Waals surface area contributed by atoms with E-state index in [1.54, 1.807) is 0 Å². The van der Waals surface area contributed by atoms with Crippen LogP contribution in [0, 0.1) is 0 Å². The fraction of sp³-hybridized carbons (Fsp3) is 0.0588. The molecule has 0 amide bonds. The van der Waals surface area contributed by atoms with Gasteiger partial charge in [-0.15, -0.1) is 10.2 Å². The Kier molecular flexibility index (Phi) is 5.72. The summed E-state index contributed by atoms with van der Waals surface area (Å²) in [6.45, 7) is 0.621. The zero-order chi connectivity index (χ0) is 18.4. The van der Waals surface area contributed by atoms with E-state index >= 15 is 0 Å². The molecule has 3 aromatic rings. The Hall–Kier alpha value is -3.04. The molecule has 0 aliphatic carbocycles. The standard InChI is InChI=1S/C17H17N7S2/c18-16(25)23-22-15-14(12-8-4-5-9-13(12)20-15)21-24-17(26)19-10-11-6-2-1-3-7-11/h1-9,20-21H,10H2,(H2,18,25)(H2,19,24,26). The highest BCUT2D eigenvalue weighted by molar-refractivity contribution is 7.80. The quantitative estimate of drug-likeness (QED) is 0.263. The lowest BCUT2D eigenvalue weighted by atomic mass is 10.2. The number of anilines is 1. The molecule has 0 saturated carbocycles. The first-order valence-electron chi connectivity index (χ1n) is 7.79. The Morgan fingerprint density at radius 1 is 1.04 bits per heavy atom. The van der Waals surface area contributed by atoms with Crippen molar-refractivity contribution in [3.05, 3.63) is 60.2 Å². The molecule has 0 aliphatic rings. The normalized spacial score (nSPS) is 10.8. The molecule has 1 heterocycles. The number of H-pyrrole nitrogens is 1. The highest BCUT2D eigenvalue weighted by atomic mass is 32.1. The molecule has 6 N–H and O–H groups in total. The van der Waals surface area contributed by atoms with Crippen LogP contribution in [0.3, 0.4) is 0 Å². The van der Waals surface area contributed by atoms with Crippen LogP contribution < -0.4 is 21.9 Å². The van der Waals surface area contributed by atoms with Gasteiger partial charge in [0.05, 0.1) is 0 Å². The topological polar surface area (TPSA) is 103 Å². The molecule has 9 heteroatoms. The van der Waals surface area contributed by atoms with E-state index in [-0.39, 0.29) is 5.11 Å². The van der Waals surface area contributed by atoms with E-state index in [1.807, 2.05) is 54.6 Å². The molecule has 2 aromatic carbocycles. The van der Waals surface area contributed by atoms with Crippen molar-refractivity contribution in [1.82, 2.24) is 15.7 Å². The van der Waals surface area contributed by atoms with Crippen LogP contribution in [0.2, 0.25) is 0 Å². The van der Waals surface area contributed by atoms with Gasteiger partial charge in [-0.25, -0.2) is 0 Å². The largest absolute Gasteiger partial charge is 0.373 e. The zero-order valence-corrected chi connectivity index (χ0v) is 15.3. The number of azo groups is 1. The van der Waals surface area contributed by atoms with Crippen LogP contribution in [-0.2, 0) is 6.54 Å². The maximum atomic E-state index is 5.39. The van der Waals surface area contributed by atoms with Gasteiger partial charge < -0.3 is 16.0 Å². The van der Waals surface area contributed by atoms with Crippen LogP contribution >= 0.6 is 24.4 Å². The molecule has 0 spiro atoms. The second kappa shape index (κ2) is 8.37. The first-order valence-corrected chi connectivity index (χ1v) is 8.61. The number of para-hydroxylation sites is 1. The molecule has 0 unspecified atom stereocenters. The van der Waals surface area contributed by atoms with Gasteiger partial charge in [-0.05, 0) is 36.1 Å². The van der Waals surface area contributed by atoms with Crippen LogP contribution in [0.1, 0.15) is 5.56 Å². The number of aromatic amines is 1. The third-order valence-corrected chi connectivity index (χ3v) is 3.86. The SMILES string of the molecule is NC(=S)N=Nc1[nH]c2ccccc2c1NNC(=S)NCc1ccccc1. The first kappa shape index (κ1) is 17.8. The van der Waals surface area contributed by atoms with Crippen LogP contribution in [0.4, 0.5) is 11.5 Å². The molecule has 0 aliphatic heterocycles. The summed E-state index contributed by atoms with van der Waals surface area (Å²) in [5, 5.41) is 12.3. The predicted molar refractivity (Wildman–Crippen MR) is 112 cm³/mol. The third-order valence-electron chi connectivity index (χ3n) is 3.53. The fourth-order valence-electron chi connectivity index (χ4n) is 2.37. The summed E-state index contributed by atoms with van der Waals surface area (Å²) in [5.41, 5.74) is 14.2. The smallest absolute Gasteiger partial charge is 0.211 e. The third kappa shape index (κ3) is 4.52. The summed E-state index contributed by atoms with van der Waals surface area (Å²) in [5.74, 6) is 0.498. The molecule has 26 heavy (non-hydrogen) atoms. The van der Waals surface area contributed by atoms with Gasteiger partial charge in [0.1, 0.15) is 5.69 Å². The van der Waals surface area contributed by atoms with Crippen LogP contribution in [0.5, 0.6) is 0 Å². The van der Waals surface area contributed by atoms with E-state index in [1.165, 1.54) is 0 Å². The molecule has 1 aromatic heterocycles. The van der Waals surface area contributed by atoms with Gasteiger partial charge >= 0.3 is 0 Å². The number of hydrazine groups is 1. The number of nitrogens with zero attached hydrogens (tertiary/aromatic N) is 2. The van der Waals surface area contributed by atoms with Crippen molar-refractivity contribution in [2.45, 2.75) is 6.54 Å². The van der Waals surface area contributed by atoms with Crippen LogP contribution in [-0.4, -0.2) is 15.2 Å². The van der Waals surface area contributed by atoms with E-state index in [0.717, 1.165) is 16.5 Å². The minimum atomic E-state index is -0.0392. The Labute approximate surface area is 161 Å². The van der Waals surface area contributed by atoms with Gasteiger partial charge in [-0.2, -0.15) is 0 Å². The number of nitrogens with one attached hydrogen (secondary N) is 4. The van der Waals surface area contributed by atoms with Crippen LogP contribution in [0.15, 0.2) is 64.8 Å². The molecule has 132 valence electrons. The van der Waals surface area contributed by atoms with Gasteiger partial charge in [0, 0.05) is 17.4 Å². The number of fused-ring (bicyclic) bond motifs is 1. The van der Waals surface area contributed by atoms with Crippen molar-refractivity contribution < 1.29 is 0 Å². The number of rotatable bonds is 5. The van der Waals surface area contributed by atoms with Crippen molar-refractivity contribution >= 4 is 57.1 Å². The Morgan fingerprint density at radius 2 is 1.77 bits per heavy atom. The molecule has 7 nitrogen and oxygen atoms in total. The summed E-state index contributed by atoms with van der Waals surface area (Å²) >= 11 is 10.1. The van der Waals surface area contributed by atoms with Crippen molar-refractivity contribution in [2.75, 3.05) is 5.43 Å². The summed E-state index contributed by atoms with van der Waals surface area (Å²) in [4.78, 5) is 3.16. The van der Waals surface area contributed by atoms with Crippen molar-refractivity contribution in [3.8, 4) is 0 Å². The molecule has 0 fully saturated rings. The summed E-state index contributed by atoms with van der Waals surface area (Å²) in [6, 6.07) is 17.7. The van der Waals surface area contributed by atoms with Crippen molar-refractivity contribution in [1.29, 1.82) is 0 Å². The molecule has 3 rings (SSSR count).